The number of carbonyl (C=O) groups is 2. The fraction of sp³-hybridized carbons (Fsp3) is 0.125. The Morgan fingerprint density at radius 1 is 0.616 bits per heavy atom. The van der Waals surface area contributed by atoms with Crippen LogP contribution >= 0.6 is 0 Å². The second kappa shape index (κ2) is 20.3. The third-order valence-corrected chi connectivity index (χ3v) is 13.3. The number of hydrogen-bond acceptors (Lipinski definition) is 23. The number of phenolic OH excluding ortho intramolecular Hbond substituents is 2. The molecule has 0 spiro atoms. The predicted molar refractivity (Wildman–Crippen MR) is 248 cm³/mol. The van der Waals surface area contributed by atoms with Gasteiger partial charge in [-0.25, -0.2) is 4.79 Å². The average molecular weight is 1090 g/mol. The van der Waals surface area contributed by atoms with Crippen LogP contribution in [0.2, 0.25) is 0 Å². The number of hydrazone groups is 1. The molecule has 29 nitrogen and oxygen atoms in total. The molecule has 1 atom stereocenters. The molecule has 0 fully saturated rings. The lowest BCUT2D eigenvalue weighted by Gasteiger charge is -2.13. The maximum Gasteiger partial charge on any atom is 0.355 e. The Balaban J connectivity index is 1.26. The Morgan fingerprint density at radius 3 is 1.70 bits per heavy atom. The van der Waals surface area contributed by atoms with Gasteiger partial charge in [-0.15, -0.1) is 20.5 Å². The minimum Gasteiger partial charge on any atom is -0.507 e. The van der Waals surface area contributed by atoms with Crippen molar-refractivity contribution in [2.75, 3.05) is 31.4 Å². The molecule has 0 aliphatic carbocycles. The summed E-state index contributed by atoms with van der Waals surface area (Å²) in [4.78, 5) is 22.0. The number of carboxylic acid groups (broad SMARTS) is 1. The number of phenols is 2. The first-order chi connectivity index (χ1) is 34.2. The third-order valence-electron chi connectivity index (χ3n) is 9.92. The van der Waals surface area contributed by atoms with Crippen LogP contribution in [0.1, 0.15) is 0 Å². The van der Waals surface area contributed by atoms with Crippen molar-refractivity contribution in [1.82, 2.24) is 0 Å². The number of carbonyl (C=O) groups excluding carboxylic acids is 1. The van der Waals surface area contributed by atoms with Gasteiger partial charge in [-0.2, -0.15) is 54.0 Å². The second-order valence-electron chi connectivity index (χ2n) is 14.7. The molecular weight excluding hydrogens is 1060 g/mol. The van der Waals surface area contributed by atoms with Crippen LogP contribution < -0.4 is 14.5 Å². The summed E-state index contributed by atoms with van der Waals surface area (Å²) >= 11 is 0. The van der Waals surface area contributed by atoms with Gasteiger partial charge in [0.1, 0.15) is 52.4 Å². The van der Waals surface area contributed by atoms with Crippen molar-refractivity contribution in [3.05, 3.63) is 84.9 Å². The minimum absolute atomic E-state index is 0.102. The number of aliphatic carboxylic acids is 1. The highest BCUT2D eigenvalue weighted by molar-refractivity contribution is 7.86. The topological polar surface area (TPSA) is 461 Å². The standard InChI is InChI=1S/C40H32N8O21S4/c49-7-9-68-31-18-28(32(69-10-8-50)17-27(31)42-44-29-15-24(71(59,60)61)12-20-13-25(72(62,63)64)16-30(51)34(20)29)43-45-35-33(73(65,66)67)14-19-11-21(1-6-26(19)38(35)52)41-46-36-37(40(54)55)47-48(39(36)53)22-2-4-23(5-3-22)70(56,57)58/h1-6,11-18,36,49-52H,7-10H2,(H,54,55)(H,56,57,58)(H,59,60,61)(H,62,63,64)(H,65,66,67). The molecule has 0 saturated heterocycles. The monoisotopic (exact) mass is 1090 g/mol. The Bertz CT molecular complexity index is 3870. The smallest absolute Gasteiger partial charge is 0.355 e. The summed E-state index contributed by atoms with van der Waals surface area (Å²) in [6, 6.07) is 11.5. The highest BCUT2D eigenvalue weighted by Gasteiger charge is 2.41. The summed E-state index contributed by atoms with van der Waals surface area (Å²) < 4.78 is 147. The number of rotatable bonds is 18. The van der Waals surface area contributed by atoms with E-state index in [1.165, 1.54) is 12.1 Å². The molecule has 1 heterocycles. The van der Waals surface area contributed by atoms with Crippen molar-refractivity contribution >= 4 is 114 Å². The first-order valence-corrected chi connectivity index (χ1v) is 25.6. The van der Waals surface area contributed by atoms with Crippen molar-refractivity contribution in [1.29, 1.82) is 0 Å². The van der Waals surface area contributed by atoms with Crippen LogP contribution in [0.4, 0.5) is 34.1 Å². The van der Waals surface area contributed by atoms with Crippen LogP contribution in [-0.2, 0) is 50.1 Å². The molecular formula is C40H32N8O21S4. The first kappa shape index (κ1) is 52.8. The Labute approximate surface area is 409 Å². The van der Waals surface area contributed by atoms with Gasteiger partial charge in [0.15, 0.2) is 11.5 Å². The van der Waals surface area contributed by atoms with Gasteiger partial charge in [0.2, 0.25) is 6.04 Å². The van der Waals surface area contributed by atoms with E-state index in [-0.39, 0.29) is 55.8 Å². The van der Waals surface area contributed by atoms with Gasteiger partial charge in [0.25, 0.3) is 46.4 Å². The predicted octanol–water partition coefficient (Wildman–Crippen LogP) is 4.90. The number of azo groups is 3. The van der Waals surface area contributed by atoms with E-state index in [0.29, 0.717) is 11.1 Å². The van der Waals surface area contributed by atoms with Gasteiger partial charge in [0, 0.05) is 23.6 Å². The number of aromatic hydroxyl groups is 2. The lowest BCUT2D eigenvalue weighted by molar-refractivity contribution is -0.130. The number of hydrogen-bond donors (Lipinski definition) is 9. The van der Waals surface area contributed by atoms with E-state index < -0.39 is 133 Å². The molecule has 73 heavy (non-hydrogen) atoms. The Kier molecular flexibility index (Phi) is 14.7. The second-order valence-corrected chi connectivity index (χ2v) is 20.4. The molecule has 1 unspecified atom stereocenters. The summed E-state index contributed by atoms with van der Waals surface area (Å²) in [5, 5.41) is 78.0. The van der Waals surface area contributed by atoms with Crippen LogP contribution in [0.3, 0.4) is 0 Å². The molecule has 0 aromatic heterocycles. The number of aliphatic hydroxyl groups excluding tert-OH is 2. The maximum absolute atomic E-state index is 13.3. The molecule has 6 aromatic rings. The van der Waals surface area contributed by atoms with Crippen molar-refractivity contribution in [2.45, 2.75) is 25.6 Å². The van der Waals surface area contributed by atoms with Gasteiger partial charge in [-0.05, 0) is 77.5 Å². The summed E-state index contributed by atoms with van der Waals surface area (Å²) in [5.41, 5.74) is -3.08. The molecule has 33 heteroatoms. The zero-order chi connectivity index (χ0) is 53.4. The Morgan fingerprint density at radius 2 is 1.16 bits per heavy atom. The molecule has 382 valence electrons. The van der Waals surface area contributed by atoms with E-state index in [1.807, 2.05) is 0 Å². The van der Waals surface area contributed by atoms with Gasteiger partial charge in [-0.3, -0.25) is 23.0 Å². The number of carboxylic acids is 1. The number of ether oxygens (including phenoxy) is 2. The summed E-state index contributed by atoms with van der Waals surface area (Å²) in [7, 11) is -19.9. The van der Waals surface area contributed by atoms with Gasteiger partial charge >= 0.3 is 5.97 Å². The largest absolute Gasteiger partial charge is 0.507 e. The van der Waals surface area contributed by atoms with E-state index >= 15 is 0 Å². The highest BCUT2D eigenvalue weighted by atomic mass is 32.2. The van der Waals surface area contributed by atoms with Crippen molar-refractivity contribution in [3.63, 3.8) is 0 Å². The summed E-state index contributed by atoms with van der Waals surface area (Å²) in [5.74, 6) is -5.08. The number of benzene rings is 6. The number of fused-ring (bicyclic) bond motifs is 2. The van der Waals surface area contributed by atoms with E-state index in [0.717, 1.165) is 66.7 Å². The molecule has 6 aromatic carbocycles. The van der Waals surface area contributed by atoms with Crippen molar-refractivity contribution < 1.29 is 96.5 Å². The number of aliphatic hydroxyl groups is 2. The van der Waals surface area contributed by atoms with Crippen LogP contribution in [0.25, 0.3) is 21.5 Å². The molecule has 0 radical (unpaired) electrons. The molecule has 0 saturated carbocycles. The average Bonchev–Trinajstić information content (AvgIpc) is 3.65. The SMILES string of the molecule is O=C(O)C1=NN(c2ccc(S(=O)(=O)O)cc2)C(=O)C1N=Nc1ccc2c(O)c(N=Nc3cc(OCCO)c(N=Nc4cc(S(=O)(=O)O)cc5cc(S(=O)(=O)O)cc(O)c45)cc3OCCO)c(S(=O)(=O)O)cc2c1. The molecule has 0 bridgehead atoms. The fourth-order valence-electron chi connectivity index (χ4n) is 6.71. The molecule has 1 aliphatic rings. The van der Waals surface area contributed by atoms with Crippen LogP contribution in [0.15, 0.2) is 140 Å². The number of amides is 1. The normalized spacial score (nSPS) is 14.8. The molecule has 1 aliphatic heterocycles. The lowest BCUT2D eigenvalue weighted by atomic mass is 10.1. The van der Waals surface area contributed by atoms with Gasteiger partial charge in [0.05, 0.1) is 50.3 Å². The maximum atomic E-state index is 13.3. The molecule has 9 N–H and O–H groups in total. The van der Waals surface area contributed by atoms with Crippen molar-refractivity contribution in [3.8, 4) is 23.0 Å². The van der Waals surface area contributed by atoms with E-state index in [4.69, 9.17) is 9.47 Å². The van der Waals surface area contributed by atoms with E-state index in [2.05, 4.69) is 35.8 Å². The fourth-order valence-corrected chi connectivity index (χ4v) is 8.92. The van der Waals surface area contributed by atoms with Crippen molar-refractivity contribution in [2.24, 2.45) is 35.8 Å². The zero-order valence-corrected chi connectivity index (χ0v) is 39.4. The quantitative estimate of drug-likeness (QED) is 0.0408. The van der Waals surface area contributed by atoms with Crippen LogP contribution in [0, 0.1) is 0 Å². The summed E-state index contributed by atoms with van der Waals surface area (Å²) in [6.45, 7) is -2.07. The van der Waals surface area contributed by atoms with Gasteiger partial charge < -0.3 is 35.0 Å². The third kappa shape index (κ3) is 11.5. The van der Waals surface area contributed by atoms with E-state index in [1.54, 1.807) is 0 Å². The number of anilines is 1. The minimum atomic E-state index is -5.29. The van der Waals surface area contributed by atoms with Crippen LogP contribution in [0.5, 0.6) is 23.0 Å². The van der Waals surface area contributed by atoms with Crippen LogP contribution in [-0.4, -0.2) is 127 Å². The molecule has 7 rings (SSSR count). The van der Waals surface area contributed by atoms with E-state index in [9.17, 15) is 87.0 Å². The highest BCUT2D eigenvalue weighted by Crippen LogP contribution is 2.46. The Hall–Kier alpha value is -7.99. The zero-order valence-electron chi connectivity index (χ0n) is 36.1. The number of nitrogens with zero attached hydrogens (tertiary/aromatic N) is 8. The van der Waals surface area contributed by atoms with Gasteiger partial charge in [-0.1, -0.05) is 0 Å². The summed E-state index contributed by atoms with van der Waals surface area (Å²) in [6.07, 6.45) is 0. The first-order valence-electron chi connectivity index (χ1n) is 19.9. The molecule has 1 amide bonds. The lowest BCUT2D eigenvalue weighted by Crippen LogP contribution is -2.33.